The van der Waals surface area contributed by atoms with Gasteiger partial charge in [-0.1, -0.05) is 35.8 Å². The minimum absolute atomic E-state index is 0.0374. The van der Waals surface area contributed by atoms with Crippen LogP contribution in [0.2, 0.25) is 5.02 Å². The molecule has 3 N–H and O–H groups in total. The van der Waals surface area contributed by atoms with Gasteiger partial charge in [0.05, 0.1) is 28.4 Å². The number of hydrogen-bond donors (Lipinski definition) is 3. The SMILES string of the molecule is Cn1nnnc1Sc1sc(NC(=O)Nc2ccc(Cl)cc2C(=O)C2CCCC2)nc1CNS(C)(=O)=O. The number of carbonyl (C=O) groups excluding carboxylic acids is 2. The summed E-state index contributed by atoms with van der Waals surface area (Å²) in [4.78, 5) is 30.2. The summed E-state index contributed by atoms with van der Waals surface area (Å²) in [5.74, 6) is -0.115. The molecule has 0 atom stereocenters. The Bertz CT molecular complexity index is 1390. The second-order valence-corrected chi connectivity index (χ2v) is 12.7. The maximum absolute atomic E-state index is 13.0. The van der Waals surface area contributed by atoms with Gasteiger partial charge >= 0.3 is 6.03 Å². The number of carbonyl (C=O) groups is 2. The van der Waals surface area contributed by atoms with Crippen LogP contribution in [0.5, 0.6) is 0 Å². The van der Waals surface area contributed by atoms with Crippen molar-refractivity contribution < 1.29 is 18.0 Å². The molecule has 2 heterocycles. The largest absolute Gasteiger partial charge is 0.325 e. The summed E-state index contributed by atoms with van der Waals surface area (Å²) >= 11 is 8.46. The quantitative estimate of drug-likeness (QED) is 0.327. The molecular formula is C20H23ClN8O4S3. The first-order valence-electron chi connectivity index (χ1n) is 10.9. The highest BCUT2D eigenvalue weighted by Crippen LogP contribution is 2.36. The van der Waals surface area contributed by atoms with Gasteiger partial charge < -0.3 is 5.32 Å². The first-order chi connectivity index (χ1) is 17.1. The molecule has 2 amide bonds. The van der Waals surface area contributed by atoms with E-state index in [0.29, 0.717) is 31.3 Å². The summed E-state index contributed by atoms with van der Waals surface area (Å²) in [5, 5.41) is 17.8. The Labute approximate surface area is 220 Å². The summed E-state index contributed by atoms with van der Waals surface area (Å²) in [6, 6.07) is 4.16. The topological polar surface area (TPSA) is 161 Å². The number of amides is 2. The summed E-state index contributed by atoms with van der Waals surface area (Å²) in [6.45, 7) is -0.0799. The number of benzene rings is 1. The van der Waals surface area contributed by atoms with E-state index < -0.39 is 16.1 Å². The number of aromatic nitrogens is 5. The molecule has 0 spiro atoms. The number of thiazole rings is 1. The second kappa shape index (κ2) is 11.2. The van der Waals surface area contributed by atoms with Crippen molar-refractivity contribution >= 4 is 67.4 Å². The van der Waals surface area contributed by atoms with Crippen LogP contribution < -0.4 is 15.4 Å². The molecule has 36 heavy (non-hydrogen) atoms. The smallest absolute Gasteiger partial charge is 0.307 e. The number of nitrogens with zero attached hydrogens (tertiary/aromatic N) is 5. The van der Waals surface area contributed by atoms with Gasteiger partial charge in [0.15, 0.2) is 10.9 Å². The van der Waals surface area contributed by atoms with Gasteiger partial charge in [-0.15, -0.1) is 5.10 Å². The van der Waals surface area contributed by atoms with Crippen molar-refractivity contribution in [3.8, 4) is 0 Å². The minimum atomic E-state index is -3.47. The monoisotopic (exact) mass is 570 g/mol. The van der Waals surface area contributed by atoms with Crippen LogP contribution in [0, 0.1) is 5.92 Å². The number of halogens is 1. The van der Waals surface area contributed by atoms with Crippen LogP contribution in [0.1, 0.15) is 41.7 Å². The van der Waals surface area contributed by atoms with E-state index in [1.165, 1.54) is 16.4 Å². The van der Waals surface area contributed by atoms with Crippen molar-refractivity contribution in [1.82, 2.24) is 29.9 Å². The molecule has 1 aliphatic carbocycles. The van der Waals surface area contributed by atoms with E-state index in [2.05, 4.69) is 35.9 Å². The zero-order valence-electron chi connectivity index (χ0n) is 19.3. The number of nitrogens with one attached hydrogen (secondary N) is 3. The zero-order valence-corrected chi connectivity index (χ0v) is 22.5. The molecule has 12 nitrogen and oxygen atoms in total. The summed E-state index contributed by atoms with van der Waals surface area (Å²) in [6.07, 6.45) is 4.70. The highest BCUT2D eigenvalue weighted by atomic mass is 35.5. The van der Waals surface area contributed by atoms with Crippen molar-refractivity contribution in [2.45, 2.75) is 41.6 Å². The number of hydrogen-bond acceptors (Lipinski definition) is 10. The fourth-order valence-corrected chi connectivity index (χ4v) is 6.22. The Hall–Kier alpha value is -2.59. The lowest BCUT2D eigenvalue weighted by atomic mass is 9.95. The van der Waals surface area contributed by atoms with E-state index in [1.807, 2.05) is 0 Å². The standard InChI is InChI=1S/C20H23ClN8O4S3/c1-29-20(26-27-28-29)35-17-15(10-22-36(2,32)33)24-19(34-17)25-18(31)23-14-8-7-12(21)9-13(14)16(30)11-5-3-4-6-11/h7-9,11,22H,3-6,10H2,1-2H3,(H2,23,24,25,31). The highest BCUT2D eigenvalue weighted by Gasteiger charge is 2.26. The zero-order chi connectivity index (χ0) is 25.9. The van der Waals surface area contributed by atoms with Crippen molar-refractivity contribution in [3.05, 3.63) is 34.5 Å². The normalized spacial score (nSPS) is 14.2. The molecule has 192 valence electrons. The number of urea groups is 1. The molecule has 1 saturated carbocycles. The molecule has 1 aliphatic rings. The van der Waals surface area contributed by atoms with Gasteiger partial charge in [-0.25, -0.2) is 27.6 Å². The Morgan fingerprint density at radius 3 is 2.67 bits per heavy atom. The van der Waals surface area contributed by atoms with E-state index in [4.69, 9.17) is 11.6 Å². The first-order valence-corrected chi connectivity index (χ1v) is 14.8. The molecule has 0 aliphatic heterocycles. The van der Waals surface area contributed by atoms with Gasteiger partial charge in [0.2, 0.25) is 15.2 Å². The molecule has 1 fully saturated rings. The molecule has 4 rings (SSSR count). The average Bonchev–Trinajstić information content (AvgIpc) is 3.55. The number of anilines is 2. The minimum Gasteiger partial charge on any atom is -0.307 e. The third-order valence-corrected chi connectivity index (χ3v) is 8.53. The summed E-state index contributed by atoms with van der Waals surface area (Å²) in [7, 11) is -1.80. The molecule has 3 aromatic rings. The summed E-state index contributed by atoms with van der Waals surface area (Å²) < 4.78 is 27.6. The van der Waals surface area contributed by atoms with Crippen molar-refractivity contribution in [2.75, 3.05) is 16.9 Å². The Morgan fingerprint density at radius 2 is 2.00 bits per heavy atom. The van der Waals surface area contributed by atoms with Crippen LogP contribution >= 0.6 is 34.7 Å². The number of sulfonamides is 1. The van der Waals surface area contributed by atoms with Crippen molar-refractivity contribution in [2.24, 2.45) is 13.0 Å². The number of ketones is 1. The lowest BCUT2D eigenvalue weighted by Crippen LogP contribution is -2.23. The fourth-order valence-electron chi connectivity index (χ4n) is 3.66. The van der Waals surface area contributed by atoms with Crippen LogP contribution in [0.25, 0.3) is 0 Å². The first kappa shape index (κ1) is 26.5. The van der Waals surface area contributed by atoms with Crippen LogP contribution in [-0.4, -0.2) is 51.7 Å². The molecule has 1 aromatic carbocycles. The predicted molar refractivity (Wildman–Crippen MR) is 137 cm³/mol. The molecular weight excluding hydrogens is 548 g/mol. The molecule has 0 unspecified atom stereocenters. The van der Waals surface area contributed by atoms with Gasteiger partial charge in [-0.3, -0.25) is 10.1 Å². The van der Waals surface area contributed by atoms with Crippen LogP contribution in [0.15, 0.2) is 27.6 Å². The Balaban J connectivity index is 1.52. The van der Waals surface area contributed by atoms with E-state index in [1.54, 1.807) is 25.2 Å². The molecule has 2 aromatic heterocycles. The molecule has 0 radical (unpaired) electrons. The average molecular weight is 571 g/mol. The third kappa shape index (κ3) is 6.79. The summed E-state index contributed by atoms with van der Waals surface area (Å²) in [5.41, 5.74) is 1.12. The van der Waals surface area contributed by atoms with Crippen LogP contribution in [-0.2, 0) is 23.6 Å². The van der Waals surface area contributed by atoms with E-state index in [0.717, 1.165) is 43.3 Å². The van der Waals surface area contributed by atoms with E-state index >= 15 is 0 Å². The van der Waals surface area contributed by atoms with Crippen molar-refractivity contribution in [3.63, 3.8) is 0 Å². The lowest BCUT2D eigenvalue weighted by molar-refractivity contribution is 0.0923. The molecule has 0 bridgehead atoms. The second-order valence-electron chi connectivity index (χ2n) is 8.15. The van der Waals surface area contributed by atoms with Crippen LogP contribution in [0.3, 0.4) is 0 Å². The number of Topliss-reactive ketones (excluding diaryl/α,β-unsaturated/α-hetero) is 1. The van der Waals surface area contributed by atoms with Gasteiger partial charge in [0.1, 0.15) is 0 Å². The maximum atomic E-state index is 13.0. The van der Waals surface area contributed by atoms with Gasteiger partial charge in [-0.05, 0) is 53.2 Å². The van der Waals surface area contributed by atoms with Crippen molar-refractivity contribution in [1.29, 1.82) is 0 Å². The number of aryl methyl sites for hydroxylation is 1. The maximum Gasteiger partial charge on any atom is 0.325 e. The lowest BCUT2D eigenvalue weighted by Gasteiger charge is -2.14. The van der Waals surface area contributed by atoms with E-state index in [9.17, 15) is 18.0 Å². The molecule has 16 heteroatoms. The highest BCUT2D eigenvalue weighted by molar-refractivity contribution is 8.01. The van der Waals surface area contributed by atoms with Gasteiger partial charge in [-0.2, -0.15) is 0 Å². The molecule has 0 saturated heterocycles. The fraction of sp³-hybridized carbons (Fsp3) is 0.400. The van der Waals surface area contributed by atoms with E-state index in [-0.39, 0.29) is 23.4 Å². The van der Waals surface area contributed by atoms with Gasteiger partial charge in [0, 0.05) is 23.6 Å². The number of rotatable bonds is 9. The van der Waals surface area contributed by atoms with Gasteiger partial charge in [0.25, 0.3) is 0 Å². The van der Waals surface area contributed by atoms with Crippen LogP contribution in [0.4, 0.5) is 15.6 Å². The predicted octanol–water partition coefficient (Wildman–Crippen LogP) is 3.54. The third-order valence-electron chi connectivity index (χ3n) is 5.37. The Morgan fingerprint density at radius 1 is 1.25 bits per heavy atom. The number of tetrazole rings is 1. The Kier molecular flexibility index (Phi) is 8.24.